The minimum atomic E-state index is -0.0188. The van der Waals surface area contributed by atoms with Crippen LogP contribution in [0.4, 0.5) is 0 Å². The summed E-state index contributed by atoms with van der Waals surface area (Å²) in [7, 11) is 0. The molecule has 16 heavy (non-hydrogen) atoms. The van der Waals surface area contributed by atoms with Gasteiger partial charge in [-0.3, -0.25) is 4.90 Å². The molecule has 0 bridgehead atoms. The van der Waals surface area contributed by atoms with Crippen molar-refractivity contribution in [3.63, 3.8) is 0 Å². The highest BCUT2D eigenvalue weighted by molar-refractivity contribution is 5.02. The summed E-state index contributed by atoms with van der Waals surface area (Å²) in [5.41, 5.74) is 0.00780. The molecule has 0 saturated carbocycles. The topological polar surface area (TPSA) is 24.5 Å². The summed E-state index contributed by atoms with van der Waals surface area (Å²) in [6, 6.07) is 1.18. The number of ether oxygens (including phenoxy) is 1. The van der Waals surface area contributed by atoms with Crippen LogP contribution in [0.1, 0.15) is 41.0 Å². The normalized spacial score (nSPS) is 38.8. The van der Waals surface area contributed by atoms with Gasteiger partial charge in [-0.05, 0) is 41.0 Å². The molecule has 2 aliphatic heterocycles. The lowest BCUT2D eigenvalue weighted by molar-refractivity contribution is -0.0849. The minimum absolute atomic E-state index is 0.0188. The van der Waals surface area contributed by atoms with Gasteiger partial charge in [0.2, 0.25) is 0 Å². The van der Waals surface area contributed by atoms with Gasteiger partial charge in [0.05, 0.1) is 11.2 Å². The summed E-state index contributed by atoms with van der Waals surface area (Å²) >= 11 is 0. The van der Waals surface area contributed by atoms with Crippen LogP contribution in [0.25, 0.3) is 0 Å². The predicted octanol–water partition coefficient (Wildman–Crippen LogP) is 1.63. The van der Waals surface area contributed by atoms with Crippen molar-refractivity contribution in [3.8, 4) is 0 Å². The van der Waals surface area contributed by atoms with Gasteiger partial charge in [0, 0.05) is 31.7 Å². The molecule has 2 atom stereocenters. The highest BCUT2D eigenvalue weighted by Crippen LogP contribution is 2.40. The maximum absolute atomic E-state index is 6.19. The van der Waals surface area contributed by atoms with Gasteiger partial charge in [0.25, 0.3) is 0 Å². The zero-order chi connectivity index (χ0) is 12.0. The van der Waals surface area contributed by atoms with Crippen LogP contribution in [-0.2, 0) is 4.74 Å². The Morgan fingerprint density at radius 2 is 1.94 bits per heavy atom. The van der Waals surface area contributed by atoms with Crippen molar-refractivity contribution < 1.29 is 4.74 Å². The third kappa shape index (κ3) is 2.27. The molecule has 0 radical (unpaired) electrons. The molecule has 0 amide bonds. The van der Waals surface area contributed by atoms with E-state index in [1.165, 1.54) is 0 Å². The zero-order valence-corrected chi connectivity index (χ0v) is 11.3. The Kier molecular flexibility index (Phi) is 3.06. The summed E-state index contributed by atoms with van der Waals surface area (Å²) in [6.07, 6.45) is 1.14. The molecule has 0 spiro atoms. The van der Waals surface area contributed by atoms with Crippen molar-refractivity contribution in [3.05, 3.63) is 0 Å². The molecular weight excluding hydrogens is 200 g/mol. The summed E-state index contributed by atoms with van der Waals surface area (Å²) in [5.74, 6) is 0. The number of rotatable bonds is 1. The Balaban J connectivity index is 2.13. The van der Waals surface area contributed by atoms with Crippen LogP contribution in [-0.4, -0.2) is 47.8 Å². The smallest absolute Gasteiger partial charge is 0.0789 e. The molecule has 0 aromatic heterocycles. The summed E-state index contributed by atoms with van der Waals surface area (Å²) < 4.78 is 6.19. The first-order chi connectivity index (χ1) is 7.32. The second-order valence-corrected chi connectivity index (χ2v) is 6.48. The van der Waals surface area contributed by atoms with E-state index >= 15 is 0 Å². The van der Waals surface area contributed by atoms with Crippen LogP contribution >= 0.6 is 0 Å². The Hall–Kier alpha value is -0.120. The van der Waals surface area contributed by atoms with Gasteiger partial charge in [0.1, 0.15) is 0 Å². The van der Waals surface area contributed by atoms with Crippen LogP contribution in [0, 0.1) is 0 Å². The number of hydrogen-bond acceptors (Lipinski definition) is 3. The molecular formula is C13H26N2O. The molecule has 3 nitrogen and oxygen atoms in total. The van der Waals surface area contributed by atoms with Gasteiger partial charge in [-0.25, -0.2) is 0 Å². The van der Waals surface area contributed by atoms with E-state index in [0.29, 0.717) is 12.1 Å². The molecule has 1 N–H and O–H groups in total. The summed E-state index contributed by atoms with van der Waals surface area (Å²) in [4.78, 5) is 2.63. The lowest BCUT2D eigenvalue weighted by Crippen LogP contribution is -2.58. The van der Waals surface area contributed by atoms with Crippen LogP contribution in [0.5, 0.6) is 0 Å². The van der Waals surface area contributed by atoms with Crippen LogP contribution in [0.2, 0.25) is 0 Å². The molecule has 0 aromatic carbocycles. The van der Waals surface area contributed by atoms with Crippen LogP contribution in [0.3, 0.4) is 0 Å². The van der Waals surface area contributed by atoms with E-state index in [0.717, 1.165) is 26.1 Å². The number of nitrogens with zero attached hydrogens (tertiary/aromatic N) is 1. The fraction of sp³-hybridized carbons (Fsp3) is 1.00. The van der Waals surface area contributed by atoms with Crippen molar-refractivity contribution in [1.82, 2.24) is 10.2 Å². The van der Waals surface area contributed by atoms with Gasteiger partial charge < -0.3 is 10.1 Å². The number of nitrogens with one attached hydrogen (secondary N) is 1. The van der Waals surface area contributed by atoms with Crippen molar-refractivity contribution in [2.45, 2.75) is 64.3 Å². The third-order valence-corrected chi connectivity index (χ3v) is 3.98. The largest absolute Gasteiger partial charge is 0.368 e. The maximum Gasteiger partial charge on any atom is 0.0789 e. The summed E-state index contributed by atoms with van der Waals surface area (Å²) in [5, 5.41) is 3.45. The van der Waals surface area contributed by atoms with E-state index in [-0.39, 0.29) is 11.2 Å². The van der Waals surface area contributed by atoms with Gasteiger partial charge >= 0.3 is 0 Å². The van der Waals surface area contributed by atoms with E-state index in [1.54, 1.807) is 0 Å². The fourth-order valence-electron chi connectivity index (χ4n) is 3.37. The third-order valence-electron chi connectivity index (χ3n) is 3.98. The van der Waals surface area contributed by atoms with E-state index in [2.05, 4.69) is 44.8 Å². The van der Waals surface area contributed by atoms with Crippen LogP contribution in [0.15, 0.2) is 0 Å². The van der Waals surface area contributed by atoms with Crippen molar-refractivity contribution in [2.24, 2.45) is 0 Å². The highest BCUT2D eigenvalue weighted by Gasteiger charge is 2.49. The average Bonchev–Trinajstić information content (AvgIpc) is 2.35. The quantitative estimate of drug-likeness (QED) is 0.735. The Morgan fingerprint density at radius 3 is 2.44 bits per heavy atom. The van der Waals surface area contributed by atoms with Gasteiger partial charge in [-0.1, -0.05) is 0 Å². The van der Waals surface area contributed by atoms with Crippen LogP contribution < -0.4 is 5.32 Å². The highest BCUT2D eigenvalue weighted by atomic mass is 16.5. The van der Waals surface area contributed by atoms with E-state index in [9.17, 15) is 0 Å². The summed E-state index contributed by atoms with van der Waals surface area (Å²) in [6.45, 7) is 14.6. The van der Waals surface area contributed by atoms with Crippen molar-refractivity contribution >= 4 is 0 Å². The lowest BCUT2D eigenvalue weighted by Gasteiger charge is -2.42. The first-order valence-corrected chi connectivity index (χ1v) is 6.48. The second-order valence-electron chi connectivity index (χ2n) is 6.48. The zero-order valence-electron chi connectivity index (χ0n) is 11.3. The number of hydrogen-bond donors (Lipinski definition) is 1. The fourth-order valence-corrected chi connectivity index (χ4v) is 3.37. The second kappa shape index (κ2) is 3.97. The van der Waals surface area contributed by atoms with Gasteiger partial charge in [0.15, 0.2) is 0 Å². The van der Waals surface area contributed by atoms with Crippen molar-refractivity contribution in [2.75, 3.05) is 19.6 Å². The lowest BCUT2D eigenvalue weighted by atomic mass is 9.91. The molecule has 0 aromatic rings. The molecule has 3 heteroatoms. The molecule has 0 aliphatic carbocycles. The van der Waals surface area contributed by atoms with Gasteiger partial charge in [-0.2, -0.15) is 0 Å². The standard InChI is InChI=1S/C13H26N2O/c1-10-9-14-6-7-15(10)11-8-12(2,3)16-13(11,4)5/h10-11,14H,6-9H2,1-5H3/t10-,11?/m1/s1. The molecule has 2 rings (SSSR count). The maximum atomic E-state index is 6.19. The first-order valence-electron chi connectivity index (χ1n) is 6.48. The molecule has 1 unspecified atom stereocenters. The number of piperazine rings is 1. The molecule has 2 heterocycles. The van der Waals surface area contributed by atoms with E-state index in [1.807, 2.05) is 0 Å². The SMILES string of the molecule is C[C@@H]1CNCCN1C1CC(C)(C)OC1(C)C. The predicted molar refractivity (Wildman–Crippen MR) is 66.7 cm³/mol. The monoisotopic (exact) mass is 226 g/mol. The minimum Gasteiger partial charge on any atom is -0.368 e. The average molecular weight is 226 g/mol. The molecule has 2 fully saturated rings. The van der Waals surface area contributed by atoms with Gasteiger partial charge in [-0.15, -0.1) is 0 Å². The molecule has 2 aliphatic rings. The first kappa shape index (κ1) is 12.3. The molecule has 94 valence electrons. The Labute approximate surface area is 99.5 Å². The van der Waals surface area contributed by atoms with Crippen molar-refractivity contribution in [1.29, 1.82) is 0 Å². The Bertz CT molecular complexity index is 263. The Morgan fingerprint density at radius 1 is 1.25 bits per heavy atom. The van der Waals surface area contributed by atoms with E-state index < -0.39 is 0 Å². The molecule has 2 saturated heterocycles. The van der Waals surface area contributed by atoms with E-state index in [4.69, 9.17) is 4.74 Å².